The molecule has 4 heteroatoms. The summed E-state index contributed by atoms with van der Waals surface area (Å²) in [5.74, 6) is 0.790. The molecule has 1 N–H and O–H groups in total. The van der Waals surface area contributed by atoms with E-state index in [0.29, 0.717) is 0 Å². The molecule has 3 aromatic rings. The number of hydrogen-bond donors (Lipinski definition) is 1. The monoisotopic (exact) mass is 313 g/mol. The zero-order valence-electron chi connectivity index (χ0n) is 10.2. The fraction of sp³-hybridized carbons (Fsp3) is 0.0667. The summed E-state index contributed by atoms with van der Waals surface area (Å²) in [6.45, 7) is 0.729. The Balaban J connectivity index is 1.78. The third kappa shape index (κ3) is 2.90. The predicted octanol–water partition coefficient (Wildman–Crippen LogP) is 4.00. The number of nitrogens with one attached hydrogen (secondary N) is 1. The lowest BCUT2D eigenvalue weighted by molar-refractivity contribution is 1.11. The zero-order valence-corrected chi connectivity index (χ0v) is 11.8. The molecule has 19 heavy (non-hydrogen) atoms. The molecule has 0 fully saturated rings. The first-order valence-corrected chi connectivity index (χ1v) is 6.81. The number of hydrogen-bond acceptors (Lipinski definition) is 3. The van der Waals surface area contributed by atoms with Crippen LogP contribution in [0, 0.1) is 0 Å². The molecule has 0 unspecified atom stereocenters. The molecule has 94 valence electrons. The van der Waals surface area contributed by atoms with Crippen molar-refractivity contribution in [2.24, 2.45) is 0 Å². The Morgan fingerprint density at radius 1 is 1.00 bits per heavy atom. The summed E-state index contributed by atoms with van der Waals surface area (Å²) in [5, 5.41) is 3.29. The van der Waals surface area contributed by atoms with Gasteiger partial charge in [-0.2, -0.15) is 0 Å². The lowest BCUT2D eigenvalue weighted by Crippen LogP contribution is -2.02. The van der Waals surface area contributed by atoms with Crippen LogP contribution in [-0.4, -0.2) is 9.97 Å². The van der Waals surface area contributed by atoms with E-state index >= 15 is 0 Å². The van der Waals surface area contributed by atoms with Gasteiger partial charge in [0.15, 0.2) is 0 Å². The lowest BCUT2D eigenvalue weighted by Gasteiger charge is -2.06. The van der Waals surface area contributed by atoms with Crippen LogP contribution in [0.2, 0.25) is 0 Å². The average Bonchev–Trinajstić information content (AvgIpc) is 2.45. The lowest BCUT2D eigenvalue weighted by atomic mass is 10.2. The molecule has 0 radical (unpaired) electrons. The highest BCUT2D eigenvalue weighted by molar-refractivity contribution is 9.10. The highest BCUT2D eigenvalue weighted by Gasteiger charge is 1.99. The molecule has 0 bridgehead atoms. The zero-order chi connectivity index (χ0) is 13.1. The Morgan fingerprint density at radius 3 is 2.68 bits per heavy atom. The van der Waals surface area contributed by atoms with Crippen molar-refractivity contribution in [3.63, 3.8) is 0 Å². The first kappa shape index (κ1) is 12.1. The van der Waals surface area contributed by atoms with Gasteiger partial charge in [-0.25, -0.2) is 4.98 Å². The normalized spacial score (nSPS) is 10.6. The van der Waals surface area contributed by atoms with Crippen LogP contribution >= 0.6 is 15.9 Å². The van der Waals surface area contributed by atoms with Crippen molar-refractivity contribution in [1.29, 1.82) is 0 Å². The van der Waals surface area contributed by atoms with Gasteiger partial charge in [-0.15, -0.1) is 0 Å². The van der Waals surface area contributed by atoms with Crippen molar-refractivity contribution in [3.05, 3.63) is 64.8 Å². The Labute approximate surface area is 119 Å². The largest absolute Gasteiger partial charge is 0.365 e. The molecular weight excluding hydrogens is 302 g/mol. The van der Waals surface area contributed by atoms with Gasteiger partial charge in [-0.3, -0.25) is 4.98 Å². The number of rotatable bonds is 3. The molecule has 0 aliphatic carbocycles. The summed E-state index contributed by atoms with van der Waals surface area (Å²) in [6.07, 6.45) is 1.76. The number of nitrogens with zero attached hydrogens (tertiary/aromatic N) is 2. The topological polar surface area (TPSA) is 37.8 Å². The minimum atomic E-state index is 0.729. The molecule has 0 aliphatic heterocycles. The summed E-state index contributed by atoms with van der Waals surface area (Å²) < 4.78 is 1.08. The van der Waals surface area contributed by atoms with Gasteiger partial charge in [0.2, 0.25) is 0 Å². The van der Waals surface area contributed by atoms with Gasteiger partial charge in [0.05, 0.1) is 17.2 Å². The number of benzene rings is 2. The minimum absolute atomic E-state index is 0.729. The first-order valence-electron chi connectivity index (χ1n) is 6.01. The molecule has 0 saturated heterocycles. The van der Waals surface area contributed by atoms with E-state index in [1.807, 2.05) is 36.4 Å². The summed E-state index contributed by atoms with van der Waals surface area (Å²) >= 11 is 3.47. The minimum Gasteiger partial charge on any atom is -0.365 e. The van der Waals surface area contributed by atoms with Crippen LogP contribution in [0.25, 0.3) is 11.0 Å². The SMILES string of the molecule is Brc1cccc(CNc2cnc3ccccc3n2)c1. The van der Waals surface area contributed by atoms with E-state index in [1.54, 1.807) is 6.20 Å². The fourth-order valence-corrected chi connectivity index (χ4v) is 2.33. The van der Waals surface area contributed by atoms with Gasteiger partial charge < -0.3 is 5.32 Å². The van der Waals surface area contributed by atoms with Gasteiger partial charge in [0.25, 0.3) is 0 Å². The van der Waals surface area contributed by atoms with E-state index in [0.717, 1.165) is 27.9 Å². The van der Waals surface area contributed by atoms with Crippen LogP contribution < -0.4 is 5.32 Å². The second kappa shape index (κ2) is 5.36. The highest BCUT2D eigenvalue weighted by Crippen LogP contribution is 2.14. The molecule has 0 saturated carbocycles. The third-order valence-corrected chi connectivity index (χ3v) is 3.30. The van der Waals surface area contributed by atoms with E-state index in [-0.39, 0.29) is 0 Å². The summed E-state index contributed by atoms with van der Waals surface area (Å²) in [5.41, 5.74) is 3.02. The Bertz CT molecular complexity index is 712. The van der Waals surface area contributed by atoms with Crippen LogP contribution in [-0.2, 0) is 6.54 Å². The van der Waals surface area contributed by atoms with Crippen molar-refractivity contribution in [3.8, 4) is 0 Å². The maximum Gasteiger partial charge on any atom is 0.145 e. The van der Waals surface area contributed by atoms with Gasteiger partial charge in [0.1, 0.15) is 5.82 Å². The average molecular weight is 314 g/mol. The Morgan fingerprint density at radius 2 is 1.84 bits per heavy atom. The van der Waals surface area contributed by atoms with E-state index < -0.39 is 0 Å². The molecule has 0 atom stereocenters. The van der Waals surface area contributed by atoms with E-state index in [4.69, 9.17) is 0 Å². The van der Waals surface area contributed by atoms with Crippen molar-refractivity contribution in [2.75, 3.05) is 5.32 Å². The summed E-state index contributed by atoms with van der Waals surface area (Å²) in [7, 11) is 0. The molecule has 3 rings (SSSR count). The van der Waals surface area contributed by atoms with E-state index in [9.17, 15) is 0 Å². The first-order chi connectivity index (χ1) is 9.31. The number of para-hydroxylation sites is 2. The van der Waals surface area contributed by atoms with Gasteiger partial charge in [-0.1, -0.05) is 40.2 Å². The van der Waals surface area contributed by atoms with Crippen molar-refractivity contribution in [2.45, 2.75) is 6.54 Å². The second-order valence-corrected chi connectivity index (χ2v) is 5.14. The van der Waals surface area contributed by atoms with E-state index in [2.05, 4.69) is 43.3 Å². The van der Waals surface area contributed by atoms with Crippen LogP contribution in [0.1, 0.15) is 5.56 Å². The molecule has 0 aliphatic rings. The summed E-state index contributed by atoms with van der Waals surface area (Å²) in [4.78, 5) is 8.90. The quantitative estimate of drug-likeness (QED) is 0.794. The number of fused-ring (bicyclic) bond motifs is 1. The molecule has 0 amide bonds. The molecule has 2 aromatic carbocycles. The number of halogens is 1. The Hall–Kier alpha value is -1.94. The maximum absolute atomic E-state index is 4.53. The molecule has 0 spiro atoms. The van der Waals surface area contributed by atoms with Crippen molar-refractivity contribution < 1.29 is 0 Å². The molecule has 1 heterocycles. The molecule has 1 aromatic heterocycles. The van der Waals surface area contributed by atoms with Gasteiger partial charge in [0, 0.05) is 11.0 Å². The van der Waals surface area contributed by atoms with Crippen LogP contribution in [0.5, 0.6) is 0 Å². The standard InChI is InChI=1S/C15H12BrN3/c16-12-5-3-4-11(8-12)9-18-15-10-17-13-6-1-2-7-14(13)19-15/h1-8,10H,9H2,(H,18,19). The summed E-state index contributed by atoms with van der Waals surface area (Å²) in [6, 6.07) is 16.0. The van der Waals surface area contributed by atoms with Crippen LogP contribution in [0.15, 0.2) is 59.2 Å². The van der Waals surface area contributed by atoms with Gasteiger partial charge in [-0.05, 0) is 29.8 Å². The Kier molecular flexibility index (Phi) is 3.42. The van der Waals surface area contributed by atoms with E-state index in [1.165, 1.54) is 5.56 Å². The van der Waals surface area contributed by atoms with Crippen molar-refractivity contribution in [1.82, 2.24) is 9.97 Å². The molecular formula is C15H12BrN3. The van der Waals surface area contributed by atoms with Crippen molar-refractivity contribution >= 4 is 32.8 Å². The highest BCUT2D eigenvalue weighted by atomic mass is 79.9. The predicted molar refractivity (Wildman–Crippen MR) is 81.0 cm³/mol. The van der Waals surface area contributed by atoms with Crippen LogP contribution in [0.4, 0.5) is 5.82 Å². The molecule has 3 nitrogen and oxygen atoms in total. The maximum atomic E-state index is 4.53. The van der Waals surface area contributed by atoms with Crippen LogP contribution in [0.3, 0.4) is 0 Å². The number of aromatic nitrogens is 2. The fourth-order valence-electron chi connectivity index (χ4n) is 1.88. The smallest absolute Gasteiger partial charge is 0.145 e. The third-order valence-electron chi connectivity index (χ3n) is 2.81. The second-order valence-electron chi connectivity index (χ2n) is 4.23. The van der Waals surface area contributed by atoms with Gasteiger partial charge >= 0.3 is 0 Å². The number of anilines is 1.